The van der Waals surface area contributed by atoms with E-state index >= 15 is 0 Å². The van der Waals surface area contributed by atoms with Crippen molar-refractivity contribution in [3.63, 3.8) is 0 Å². The minimum Gasteiger partial charge on any atom is -0.496 e. The van der Waals surface area contributed by atoms with Crippen molar-refractivity contribution in [1.82, 2.24) is 20.5 Å². The Balaban J connectivity index is 1.45. The van der Waals surface area contributed by atoms with Crippen LogP contribution in [0.15, 0.2) is 47.0 Å². The summed E-state index contributed by atoms with van der Waals surface area (Å²) < 4.78 is 10.8. The van der Waals surface area contributed by atoms with Gasteiger partial charge in [0.15, 0.2) is 5.82 Å². The molecular formula is C21H22N4O4. The number of hydrogen-bond donors (Lipinski definition) is 2. The molecule has 1 aromatic heterocycles. The van der Waals surface area contributed by atoms with Gasteiger partial charge in [0, 0.05) is 18.7 Å². The second kappa shape index (κ2) is 8.42. The molecule has 0 atom stereocenters. The SMILES string of the molecule is COc1ccccc1-c1nc(CN2CCc3ccc(C(=O)NO)cc3CC2)no1. The molecule has 0 bridgehead atoms. The van der Waals surface area contributed by atoms with E-state index in [1.165, 1.54) is 5.56 Å². The average Bonchev–Trinajstić information content (AvgIpc) is 3.13. The van der Waals surface area contributed by atoms with E-state index in [9.17, 15) is 4.79 Å². The molecule has 2 aromatic carbocycles. The van der Waals surface area contributed by atoms with Gasteiger partial charge in [0.25, 0.3) is 11.8 Å². The maximum Gasteiger partial charge on any atom is 0.274 e. The first kappa shape index (κ1) is 19.1. The van der Waals surface area contributed by atoms with Crippen LogP contribution in [0, 0.1) is 0 Å². The molecule has 8 heteroatoms. The molecule has 4 rings (SSSR count). The lowest BCUT2D eigenvalue weighted by molar-refractivity contribution is 0.0706. The molecule has 1 aliphatic heterocycles. The summed E-state index contributed by atoms with van der Waals surface area (Å²) in [4.78, 5) is 18.4. The third kappa shape index (κ3) is 4.13. The van der Waals surface area contributed by atoms with E-state index in [0.29, 0.717) is 29.6 Å². The average molecular weight is 394 g/mol. The minimum atomic E-state index is -0.496. The summed E-state index contributed by atoms with van der Waals surface area (Å²) >= 11 is 0. The molecule has 0 unspecified atom stereocenters. The number of hydroxylamine groups is 1. The smallest absolute Gasteiger partial charge is 0.274 e. The molecule has 29 heavy (non-hydrogen) atoms. The number of hydrogen-bond acceptors (Lipinski definition) is 7. The van der Waals surface area contributed by atoms with E-state index in [4.69, 9.17) is 14.5 Å². The second-order valence-corrected chi connectivity index (χ2v) is 6.92. The summed E-state index contributed by atoms with van der Waals surface area (Å²) in [5.74, 6) is 1.26. The van der Waals surface area contributed by atoms with E-state index < -0.39 is 5.91 Å². The summed E-state index contributed by atoms with van der Waals surface area (Å²) in [5, 5.41) is 13.0. The molecule has 0 aliphatic carbocycles. The summed E-state index contributed by atoms with van der Waals surface area (Å²) in [6.45, 7) is 2.25. The van der Waals surface area contributed by atoms with Crippen LogP contribution in [0.4, 0.5) is 0 Å². The lowest BCUT2D eigenvalue weighted by Gasteiger charge is -2.17. The Labute approximate surface area is 168 Å². The van der Waals surface area contributed by atoms with Gasteiger partial charge in [-0.05, 0) is 48.2 Å². The van der Waals surface area contributed by atoms with E-state index in [2.05, 4.69) is 15.0 Å². The zero-order chi connectivity index (χ0) is 20.2. The summed E-state index contributed by atoms with van der Waals surface area (Å²) in [7, 11) is 1.61. The molecular weight excluding hydrogens is 372 g/mol. The standard InChI is InChI=1S/C21H22N4O4/c1-28-18-5-3-2-4-17(18)21-22-19(24-29-21)13-25-10-8-14-6-7-16(20(26)23-27)12-15(14)9-11-25/h2-7,12,27H,8-11,13H2,1H3,(H,23,26). The van der Waals surface area contributed by atoms with Crippen molar-refractivity contribution in [2.75, 3.05) is 20.2 Å². The first-order chi connectivity index (χ1) is 14.2. The van der Waals surface area contributed by atoms with Crippen LogP contribution >= 0.6 is 0 Å². The molecule has 0 saturated heterocycles. The monoisotopic (exact) mass is 394 g/mol. The molecule has 3 aromatic rings. The highest BCUT2D eigenvalue weighted by Crippen LogP contribution is 2.28. The van der Waals surface area contributed by atoms with Crippen LogP contribution in [0.3, 0.4) is 0 Å². The number of benzene rings is 2. The van der Waals surface area contributed by atoms with Gasteiger partial charge in [-0.1, -0.05) is 23.4 Å². The Morgan fingerprint density at radius 3 is 2.79 bits per heavy atom. The minimum absolute atomic E-state index is 0.440. The highest BCUT2D eigenvalue weighted by atomic mass is 16.5. The van der Waals surface area contributed by atoms with Gasteiger partial charge in [-0.2, -0.15) is 4.98 Å². The van der Waals surface area contributed by atoms with E-state index in [0.717, 1.165) is 37.1 Å². The van der Waals surface area contributed by atoms with Crippen LogP contribution < -0.4 is 10.2 Å². The van der Waals surface area contributed by atoms with Gasteiger partial charge in [0.1, 0.15) is 5.75 Å². The number of carbonyl (C=O) groups is 1. The van der Waals surface area contributed by atoms with Crippen LogP contribution in [0.2, 0.25) is 0 Å². The zero-order valence-corrected chi connectivity index (χ0v) is 16.1. The maximum absolute atomic E-state index is 11.6. The highest BCUT2D eigenvalue weighted by Gasteiger charge is 2.19. The van der Waals surface area contributed by atoms with Gasteiger partial charge >= 0.3 is 0 Å². The van der Waals surface area contributed by atoms with Crippen molar-refractivity contribution in [3.8, 4) is 17.2 Å². The third-order valence-corrected chi connectivity index (χ3v) is 5.14. The Kier molecular flexibility index (Phi) is 5.55. The Morgan fingerprint density at radius 2 is 2.00 bits per heavy atom. The number of para-hydroxylation sites is 1. The number of amides is 1. The first-order valence-corrected chi connectivity index (χ1v) is 9.42. The van der Waals surface area contributed by atoms with Crippen LogP contribution in [0.1, 0.15) is 27.3 Å². The molecule has 2 heterocycles. The van der Waals surface area contributed by atoms with Gasteiger partial charge in [-0.25, -0.2) is 5.48 Å². The zero-order valence-electron chi connectivity index (χ0n) is 16.1. The van der Waals surface area contributed by atoms with Gasteiger partial charge in [0.05, 0.1) is 19.2 Å². The van der Waals surface area contributed by atoms with Gasteiger partial charge in [-0.15, -0.1) is 0 Å². The number of rotatable bonds is 5. The fraction of sp³-hybridized carbons (Fsp3) is 0.286. The molecule has 0 fully saturated rings. The Bertz CT molecular complexity index is 1020. The summed E-state index contributed by atoms with van der Waals surface area (Å²) in [6.07, 6.45) is 1.67. The molecule has 1 aliphatic rings. The largest absolute Gasteiger partial charge is 0.496 e. The third-order valence-electron chi connectivity index (χ3n) is 5.14. The van der Waals surface area contributed by atoms with E-state index in [1.54, 1.807) is 18.7 Å². The predicted octanol–water partition coefficient (Wildman–Crippen LogP) is 2.47. The molecule has 0 saturated carbocycles. The molecule has 2 N–H and O–H groups in total. The number of nitrogens with zero attached hydrogens (tertiary/aromatic N) is 3. The quantitative estimate of drug-likeness (QED) is 0.506. The summed E-state index contributed by atoms with van der Waals surface area (Å²) in [6, 6.07) is 13.1. The van der Waals surface area contributed by atoms with Crippen molar-refractivity contribution in [2.45, 2.75) is 19.4 Å². The topological polar surface area (TPSA) is 101 Å². The number of carbonyl (C=O) groups excluding carboxylic acids is 1. The highest BCUT2D eigenvalue weighted by molar-refractivity contribution is 5.93. The molecule has 150 valence electrons. The van der Waals surface area contributed by atoms with Gasteiger partial charge in [0.2, 0.25) is 0 Å². The fourth-order valence-electron chi connectivity index (χ4n) is 3.58. The molecule has 0 spiro atoms. The summed E-state index contributed by atoms with van der Waals surface area (Å²) in [5.41, 5.74) is 5.25. The second-order valence-electron chi connectivity index (χ2n) is 6.92. The fourth-order valence-corrected chi connectivity index (χ4v) is 3.58. The number of nitrogens with one attached hydrogen (secondary N) is 1. The van der Waals surface area contributed by atoms with Crippen molar-refractivity contribution >= 4 is 5.91 Å². The van der Waals surface area contributed by atoms with Crippen molar-refractivity contribution in [2.24, 2.45) is 0 Å². The van der Waals surface area contributed by atoms with Gasteiger partial charge in [-0.3, -0.25) is 14.9 Å². The van der Waals surface area contributed by atoms with Crippen molar-refractivity contribution < 1.29 is 19.3 Å². The van der Waals surface area contributed by atoms with Crippen LogP contribution in [0.5, 0.6) is 5.75 Å². The number of ether oxygens (including phenoxy) is 1. The van der Waals surface area contributed by atoms with E-state index in [-0.39, 0.29) is 0 Å². The van der Waals surface area contributed by atoms with Crippen LogP contribution in [0.25, 0.3) is 11.5 Å². The van der Waals surface area contributed by atoms with Crippen molar-refractivity contribution in [1.29, 1.82) is 0 Å². The number of fused-ring (bicyclic) bond motifs is 1. The van der Waals surface area contributed by atoms with E-state index in [1.807, 2.05) is 36.4 Å². The molecule has 8 nitrogen and oxygen atoms in total. The Morgan fingerprint density at radius 1 is 1.21 bits per heavy atom. The Hall–Kier alpha value is -3.23. The van der Waals surface area contributed by atoms with Crippen molar-refractivity contribution in [3.05, 3.63) is 65.0 Å². The number of aromatic nitrogens is 2. The molecule has 0 radical (unpaired) electrons. The normalized spacial score (nSPS) is 14.1. The van der Waals surface area contributed by atoms with Gasteiger partial charge < -0.3 is 9.26 Å². The lowest BCUT2D eigenvalue weighted by Crippen LogP contribution is -2.26. The van der Waals surface area contributed by atoms with Crippen LogP contribution in [-0.2, 0) is 19.4 Å². The van der Waals surface area contributed by atoms with Crippen LogP contribution in [-0.4, -0.2) is 46.4 Å². The maximum atomic E-state index is 11.6. The lowest BCUT2D eigenvalue weighted by atomic mass is 10.00. The molecule has 1 amide bonds. The first-order valence-electron chi connectivity index (χ1n) is 9.42. The number of methoxy groups -OCH3 is 1. The predicted molar refractivity (Wildman–Crippen MR) is 105 cm³/mol.